The average molecular weight is 468 g/mol. The summed E-state index contributed by atoms with van der Waals surface area (Å²) in [6, 6.07) is 14.0. The third-order valence-corrected chi connectivity index (χ3v) is 6.87. The van der Waals surface area contributed by atoms with E-state index in [-0.39, 0.29) is 11.9 Å². The number of nitrogens with one attached hydrogen (secondary N) is 1. The van der Waals surface area contributed by atoms with Crippen molar-refractivity contribution in [3.05, 3.63) is 71.4 Å². The molecule has 0 fully saturated rings. The number of hydrogen-bond donors (Lipinski definition) is 2. The van der Waals surface area contributed by atoms with Crippen LogP contribution >= 0.6 is 11.3 Å². The first kappa shape index (κ1) is 20.5. The smallest absolute Gasteiger partial charge is 0.217 e. The fourth-order valence-electron chi connectivity index (χ4n) is 4.60. The van der Waals surface area contributed by atoms with E-state index >= 15 is 0 Å². The average Bonchev–Trinajstić information content (AvgIpc) is 3.57. The molecular formula is C25H21N7OS. The van der Waals surface area contributed by atoms with Crippen molar-refractivity contribution in [1.82, 2.24) is 29.8 Å². The molecule has 8 nitrogen and oxygen atoms in total. The number of carbonyl (C=O) groups excluding carboxylic acids is 1. The van der Waals surface area contributed by atoms with E-state index in [1.807, 2.05) is 40.3 Å². The van der Waals surface area contributed by atoms with Gasteiger partial charge in [0.25, 0.3) is 0 Å². The Hall–Kier alpha value is -4.11. The summed E-state index contributed by atoms with van der Waals surface area (Å²) >= 11 is 1.55. The van der Waals surface area contributed by atoms with Crippen LogP contribution in [-0.2, 0) is 11.2 Å². The molecule has 5 aromatic rings. The Morgan fingerprint density at radius 1 is 1.15 bits per heavy atom. The molecule has 168 valence electrons. The summed E-state index contributed by atoms with van der Waals surface area (Å²) in [5.41, 5.74) is 12.6. The molecule has 1 aromatic carbocycles. The lowest BCUT2D eigenvalue weighted by Crippen LogP contribution is -2.24. The van der Waals surface area contributed by atoms with E-state index in [9.17, 15) is 4.79 Å². The van der Waals surface area contributed by atoms with Crippen molar-refractivity contribution in [1.29, 1.82) is 0 Å². The molecule has 34 heavy (non-hydrogen) atoms. The van der Waals surface area contributed by atoms with E-state index in [0.29, 0.717) is 11.6 Å². The number of nitrogens with two attached hydrogens (primary N) is 1. The maximum atomic E-state index is 11.6. The fourth-order valence-corrected chi connectivity index (χ4v) is 5.20. The summed E-state index contributed by atoms with van der Waals surface area (Å²) in [6.07, 6.45) is 5.22. The molecule has 0 saturated carbocycles. The van der Waals surface area contributed by atoms with Crippen molar-refractivity contribution < 1.29 is 4.79 Å². The van der Waals surface area contributed by atoms with Crippen LogP contribution in [0.25, 0.3) is 38.9 Å². The van der Waals surface area contributed by atoms with E-state index in [0.717, 1.165) is 51.5 Å². The summed E-state index contributed by atoms with van der Waals surface area (Å²) in [6.45, 7) is 1.56. The van der Waals surface area contributed by atoms with Gasteiger partial charge in [-0.3, -0.25) is 9.36 Å². The number of imidazole rings is 1. The van der Waals surface area contributed by atoms with E-state index in [2.05, 4.69) is 27.4 Å². The molecule has 0 unspecified atom stereocenters. The maximum Gasteiger partial charge on any atom is 0.217 e. The Morgan fingerprint density at radius 3 is 2.85 bits per heavy atom. The minimum atomic E-state index is -0.0178. The maximum absolute atomic E-state index is 11.6. The van der Waals surface area contributed by atoms with Crippen LogP contribution in [0.5, 0.6) is 0 Å². The molecule has 6 rings (SSSR count). The molecule has 4 aromatic heterocycles. The van der Waals surface area contributed by atoms with E-state index < -0.39 is 0 Å². The van der Waals surface area contributed by atoms with Crippen molar-refractivity contribution >= 4 is 34.2 Å². The number of benzene rings is 1. The Morgan fingerprint density at radius 2 is 2.06 bits per heavy atom. The van der Waals surface area contributed by atoms with Crippen LogP contribution in [0.1, 0.15) is 30.5 Å². The molecule has 1 aliphatic rings. The zero-order chi connectivity index (χ0) is 23.2. The van der Waals surface area contributed by atoms with Gasteiger partial charge in [-0.25, -0.2) is 19.9 Å². The van der Waals surface area contributed by atoms with Gasteiger partial charge in [0.2, 0.25) is 5.91 Å². The number of carbonyl (C=O) groups is 1. The van der Waals surface area contributed by atoms with Crippen LogP contribution in [0.2, 0.25) is 0 Å². The number of rotatable bonds is 4. The normalized spacial score (nSPS) is 14.9. The summed E-state index contributed by atoms with van der Waals surface area (Å²) < 4.78 is 2.03. The highest BCUT2D eigenvalue weighted by Gasteiger charge is 2.25. The van der Waals surface area contributed by atoms with Crippen molar-refractivity contribution in [3.8, 4) is 27.8 Å². The molecule has 0 saturated heterocycles. The predicted octanol–water partition coefficient (Wildman–Crippen LogP) is 4.31. The van der Waals surface area contributed by atoms with Gasteiger partial charge in [-0.15, -0.1) is 11.3 Å². The van der Waals surface area contributed by atoms with E-state index in [4.69, 9.17) is 15.7 Å². The highest BCUT2D eigenvalue weighted by molar-refractivity contribution is 7.13. The van der Waals surface area contributed by atoms with Crippen LogP contribution < -0.4 is 11.1 Å². The number of aromatic nitrogens is 5. The second-order valence-electron chi connectivity index (χ2n) is 8.26. The van der Waals surface area contributed by atoms with Crippen LogP contribution in [0.15, 0.2) is 60.2 Å². The molecular weight excluding hydrogens is 446 g/mol. The Bertz CT molecular complexity index is 1540. The zero-order valence-electron chi connectivity index (χ0n) is 18.4. The minimum absolute atomic E-state index is 0.0178. The quantitative estimate of drug-likeness (QED) is 0.407. The van der Waals surface area contributed by atoms with Crippen LogP contribution in [-0.4, -0.2) is 30.4 Å². The van der Waals surface area contributed by atoms with Crippen molar-refractivity contribution in [2.45, 2.75) is 25.8 Å². The number of pyridine rings is 2. The van der Waals surface area contributed by atoms with Gasteiger partial charge in [-0.1, -0.05) is 6.07 Å². The number of thiazole rings is 1. The molecule has 0 aliphatic heterocycles. The second kappa shape index (κ2) is 8.03. The van der Waals surface area contributed by atoms with Crippen LogP contribution in [0, 0.1) is 0 Å². The Kier molecular flexibility index (Phi) is 4.84. The highest BCUT2D eigenvalue weighted by Crippen LogP contribution is 2.36. The van der Waals surface area contributed by atoms with E-state index in [1.165, 1.54) is 5.56 Å². The Balaban J connectivity index is 1.56. The molecule has 0 spiro atoms. The third kappa shape index (κ3) is 3.41. The first-order valence-corrected chi connectivity index (χ1v) is 11.9. The van der Waals surface area contributed by atoms with Gasteiger partial charge in [0.05, 0.1) is 11.6 Å². The van der Waals surface area contributed by atoms with E-state index in [1.54, 1.807) is 30.7 Å². The standard InChI is InChI=1S/C25H21N7OS/c1-14(33)29-19-7-4-15-13-16(5-6-17(15)19)32-23(18-3-2-10-27-22(18)26)30-20-8-9-21(31-24(20)32)25-28-11-12-34-25/h2-3,5-6,8-13,19H,4,7H2,1H3,(H2,26,27)(H,29,33)/t19-/m0/s1. The van der Waals surface area contributed by atoms with Gasteiger partial charge in [-0.2, -0.15) is 0 Å². The van der Waals surface area contributed by atoms with Gasteiger partial charge in [0.1, 0.15) is 22.0 Å². The fraction of sp³-hybridized carbons (Fsp3) is 0.160. The summed E-state index contributed by atoms with van der Waals surface area (Å²) in [4.78, 5) is 30.1. The van der Waals surface area contributed by atoms with Crippen molar-refractivity contribution in [2.24, 2.45) is 0 Å². The Labute approximate surface area is 199 Å². The lowest BCUT2D eigenvalue weighted by atomic mass is 10.1. The lowest BCUT2D eigenvalue weighted by molar-refractivity contribution is -0.119. The monoisotopic (exact) mass is 467 g/mol. The molecule has 4 heterocycles. The van der Waals surface area contributed by atoms with Crippen molar-refractivity contribution in [2.75, 3.05) is 5.73 Å². The minimum Gasteiger partial charge on any atom is -0.383 e. The van der Waals surface area contributed by atoms with Gasteiger partial charge in [0.15, 0.2) is 11.5 Å². The first-order chi connectivity index (χ1) is 16.6. The van der Waals surface area contributed by atoms with Crippen molar-refractivity contribution in [3.63, 3.8) is 0 Å². The number of anilines is 1. The third-order valence-electron chi connectivity index (χ3n) is 6.08. The number of aryl methyl sites for hydroxylation is 1. The SMILES string of the molecule is CC(=O)N[C@H]1CCc2cc(-n3c(-c4cccnc4N)nc4ccc(-c5nccs5)nc43)ccc21. The molecule has 1 amide bonds. The second-order valence-corrected chi connectivity index (χ2v) is 9.15. The topological polar surface area (TPSA) is 112 Å². The van der Waals surface area contributed by atoms with Gasteiger partial charge < -0.3 is 11.1 Å². The summed E-state index contributed by atoms with van der Waals surface area (Å²) in [7, 11) is 0. The number of hydrogen-bond acceptors (Lipinski definition) is 7. The molecule has 3 N–H and O–H groups in total. The summed E-state index contributed by atoms with van der Waals surface area (Å²) in [5.74, 6) is 1.07. The molecule has 9 heteroatoms. The van der Waals surface area contributed by atoms with Gasteiger partial charge in [0, 0.05) is 30.4 Å². The summed E-state index contributed by atoms with van der Waals surface area (Å²) in [5, 5.41) is 5.84. The van der Waals surface area contributed by atoms with Gasteiger partial charge in [-0.05, 0) is 60.4 Å². The zero-order valence-corrected chi connectivity index (χ0v) is 19.2. The van der Waals surface area contributed by atoms with Crippen LogP contribution in [0.3, 0.4) is 0 Å². The predicted molar refractivity (Wildman–Crippen MR) is 132 cm³/mol. The number of nitrogen functional groups attached to an aromatic ring is 1. The molecule has 0 radical (unpaired) electrons. The van der Waals surface area contributed by atoms with Crippen LogP contribution in [0.4, 0.5) is 5.82 Å². The number of amides is 1. The van der Waals surface area contributed by atoms with Gasteiger partial charge >= 0.3 is 0 Å². The molecule has 1 aliphatic carbocycles. The first-order valence-electron chi connectivity index (χ1n) is 11.0. The number of nitrogens with zero attached hydrogens (tertiary/aromatic N) is 5. The highest BCUT2D eigenvalue weighted by atomic mass is 32.1. The largest absolute Gasteiger partial charge is 0.383 e. The molecule has 1 atom stereocenters. The molecule has 0 bridgehead atoms. The lowest BCUT2D eigenvalue weighted by Gasteiger charge is -2.15. The number of fused-ring (bicyclic) bond motifs is 2.